The Morgan fingerprint density at radius 1 is 1.50 bits per heavy atom. The summed E-state index contributed by atoms with van der Waals surface area (Å²) >= 11 is 0. The first-order chi connectivity index (χ1) is 8.61. The highest BCUT2D eigenvalue weighted by molar-refractivity contribution is 5.96. The highest BCUT2D eigenvalue weighted by atomic mass is 16.5. The van der Waals surface area contributed by atoms with E-state index in [2.05, 4.69) is 5.32 Å². The molecular weight excluding hydrogens is 234 g/mol. The highest BCUT2D eigenvalue weighted by Gasteiger charge is 2.43. The fourth-order valence-corrected chi connectivity index (χ4v) is 1.81. The number of carboxylic acid groups (broad SMARTS) is 1. The molecule has 0 aromatic heterocycles. The molecule has 2 rings (SSSR count). The zero-order chi connectivity index (χ0) is 13.1. The molecule has 0 bridgehead atoms. The molecule has 0 radical (unpaired) electrons. The molecule has 5 heteroatoms. The molecule has 1 saturated carbocycles. The normalized spacial score (nSPS) is 21.4. The van der Waals surface area contributed by atoms with Crippen LogP contribution in [0.1, 0.15) is 23.7 Å². The van der Waals surface area contributed by atoms with E-state index in [0.29, 0.717) is 12.3 Å². The number of amides is 1. The molecule has 1 aliphatic carbocycles. The maximum absolute atomic E-state index is 11.8. The van der Waals surface area contributed by atoms with Crippen LogP contribution in [0.2, 0.25) is 0 Å². The van der Waals surface area contributed by atoms with Crippen molar-refractivity contribution in [3.05, 3.63) is 29.8 Å². The molecule has 96 valence electrons. The van der Waals surface area contributed by atoms with Gasteiger partial charge in [0.1, 0.15) is 0 Å². The Labute approximate surface area is 105 Å². The van der Waals surface area contributed by atoms with Gasteiger partial charge in [-0.2, -0.15) is 0 Å². The van der Waals surface area contributed by atoms with Crippen LogP contribution in [0.3, 0.4) is 0 Å². The van der Waals surface area contributed by atoms with Gasteiger partial charge in [-0.15, -0.1) is 0 Å². The number of ether oxygens (including phenoxy) is 1. The molecule has 1 aliphatic rings. The molecule has 2 atom stereocenters. The summed E-state index contributed by atoms with van der Waals surface area (Å²) in [6, 6.07) is 6.20. The van der Waals surface area contributed by atoms with E-state index in [0.717, 1.165) is 6.42 Å². The van der Waals surface area contributed by atoms with Gasteiger partial charge < -0.3 is 15.2 Å². The SMILES string of the molecule is CCOC1CC1C(=O)Nc1cccc(C(=O)O)c1. The minimum Gasteiger partial charge on any atom is -0.478 e. The van der Waals surface area contributed by atoms with Gasteiger partial charge in [-0.25, -0.2) is 4.79 Å². The Bertz CT molecular complexity index is 472. The van der Waals surface area contributed by atoms with E-state index in [4.69, 9.17) is 9.84 Å². The first-order valence-corrected chi connectivity index (χ1v) is 5.87. The molecule has 2 N–H and O–H groups in total. The van der Waals surface area contributed by atoms with Crippen molar-refractivity contribution in [1.29, 1.82) is 0 Å². The zero-order valence-corrected chi connectivity index (χ0v) is 10.1. The Balaban J connectivity index is 1.96. The van der Waals surface area contributed by atoms with E-state index >= 15 is 0 Å². The van der Waals surface area contributed by atoms with Gasteiger partial charge in [0.2, 0.25) is 5.91 Å². The minimum absolute atomic E-state index is 0.0117. The molecule has 0 aliphatic heterocycles. The predicted octanol–water partition coefficient (Wildman–Crippen LogP) is 1.75. The maximum Gasteiger partial charge on any atom is 0.335 e. The van der Waals surface area contributed by atoms with Crippen molar-refractivity contribution in [2.24, 2.45) is 5.92 Å². The number of nitrogens with one attached hydrogen (secondary N) is 1. The number of rotatable bonds is 5. The van der Waals surface area contributed by atoms with Crippen LogP contribution >= 0.6 is 0 Å². The zero-order valence-electron chi connectivity index (χ0n) is 10.1. The number of anilines is 1. The fourth-order valence-electron chi connectivity index (χ4n) is 1.81. The highest BCUT2D eigenvalue weighted by Crippen LogP contribution is 2.34. The van der Waals surface area contributed by atoms with Crippen LogP contribution in [-0.2, 0) is 9.53 Å². The molecule has 18 heavy (non-hydrogen) atoms. The molecule has 1 aromatic rings. The number of aromatic carboxylic acids is 1. The maximum atomic E-state index is 11.8. The van der Waals surface area contributed by atoms with Gasteiger partial charge in [-0.3, -0.25) is 4.79 Å². The lowest BCUT2D eigenvalue weighted by atomic mass is 10.2. The minimum atomic E-state index is -1.01. The molecular formula is C13H15NO4. The lowest BCUT2D eigenvalue weighted by molar-refractivity contribution is -0.118. The lowest BCUT2D eigenvalue weighted by Gasteiger charge is -2.05. The summed E-state index contributed by atoms with van der Waals surface area (Å²) in [5, 5.41) is 11.5. The number of carbonyl (C=O) groups is 2. The van der Waals surface area contributed by atoms with Crippen LogP contribution in [0.4, 0.5) is 5.69 Å². The van der Waals surface area contributed by atoms with Crippen molar-refractivity contribution in [1.82, 2.24) is 0 Å². The molecule has 0 heterocycles. The van der Waals surface area contributed by atoms with Crippen molar-refractivity contribution in [3.8, 4) is 0 Å². The topological polar surface area (TPSA) is 75.6 Å². The number of hydrogen-bond donors (Lipinski definition) is 2. The number of hydrogen-bond acceptors (Lipinski definition) is 3. The summed E-state index contributed by atoms with van der Waals surface area (Å²) in [5.41, 5.74) is 0.659. The molecule has 2 unspecified atom stereocenters. The van der Waals surface area contributed by atoms with Gasteiger partial charge in [0.05, 0.1) is 17.6 Å². The fraction of sp³-hybridized carbons (Fsp3) is 0.385. The van der Waals surface area contributed by atoms with E-state index < -0.39 is 5.97 Å². The second-order valence-corrected chi connectivity index (χ2v) is 4.21. The third kappa shape index (κ3) is 2.87. The van der Waals surface area contributed by atoms with E-state index in [-0.39, 0.29) is 23.5 Å². The van der Waals surface area contributed by atoms with Gasteiger partial charge in [0.25, 0.3) is 0 Å². The van der Waals surface area contributed by atoms with Crippen LogP contribution in [-0.4, -0.2) is 29.7 Å². The largest absolute Gasteiger partial charge is 0.478 e. The summed E-state index contributed by atoms with van der Waals surface area (Å²) in [4.78, 5) is 22.6. The summed E-state index contributed by atoms with van der Waals surface area (Å²) < 4.78 is 5.33. The van der Waals surface area contributed by atoms with Crippen LogP contribution in [0, 0.1) is 5.92 Å². The number of benzene rings is 1. The molecule has 1 amide bonds. The van der Waals surface area contributed by atoms with Crippen LogP contribution in [0.15, 0.2) is 24.3 Å². The van der Waals surface area contributed by atoms with E-state index in [1.54, 1.807) is 12.1 Å². The smallest absolute Gasteiger partial charge is 0.335 e. The van der Waals surface area contributed by atoms with Gasteiger partial charge in [-0.1, -0.05) is 6.07 Å². The standard InChI is InChI=1S/C13H15NO4/c1-2-18-11-7-10(11)12(15)14-9-5-3-4-8(6-9)13(16)17/h3-6,10-11H,2,7H2,1H3,(H,14,15)(H,16,17). The van der Waals surface area contributed by atoms with Crippen molar-refractivity contribution in [3.63, 3.8) is 0 Å². The summed E-state index contributed by atoms with van der Waals surface area (Å²) in [6.45, 7) is 2.49. The Hall–Kier alpha value is -1.88. The van der Waals surface area contributed by atoms with Crippen LogP contribution in [0.5, 0.6) is 0 Å². The molecule has 0 saturated heterocycles. The summed E-state index contributed by atoms with van der Waals surface area (Å²) in [5.74, 6) is -1.24. The first-order valence-electron chi connectivity index (χ1n) is 5.87. The Morgan fingerprint density at radius 2 is 2.28 bits per heavy atom. The molecule has 0 spiro atoms. The van der Waals surface area contributed by atoms with Gasteiger partial charge in [-0.05, 0) is 31.5 Å². The summed E-state index contributed by atoms with van der Waals surface area (Å²) in [7, 11) is 0. The lowest BCUT2D eigenvalue weighted by Crippen LogP contribution is -2.17. The van der Waals surface area contributed by atoms with Crippen molar-refractivity contribution in [2.45, 2.75) is 19.4 Å². The quantitative estimate of drug-likeness (QED) is 0.833. The van der Waals surface area contributed by atoms with Gasteiger partial charge >= 0.3 is 5.97 Å². The number of carbonyl (C=O) groups excluding carboxylic acids is 1. The predicted molar refractivity (Wildman–Crippen MR) is 65.6 cm³/mol. The molecule has 1 aromatic carbocycles. The van der Waals surface area contributed by atoms with Crippen molar-refractivity contribution >= 4 is 17.6 Å². The molecule has 1 fully saturated rings. The summed E-state index contributed by atoms with van der Waals surface area (Å²) in [6.07, 6.45) is 0.746. The third-order valence-electron chi connectivity index (χ3n) is 2.83. The van der Waals surface area contributed by atoms with Gasteiger partial charge in [0.15, 0.2) is 0 Å². The molecule has 5 nitrogen and oxygen atoms in total. The second-order valence-electron chi connectivity index (χ2n) is 4.21. The third-order valence-corrected chi connectivity index (χ3v) is 2.83. The number of carboxylic acids is 1. The Kier molecular flexibility index (Phi) is 3.62. The van der Waals surface area contributed by atoms with Crippen LogP contribution < -0.4 is 5.32 Å². The van der Waals surface area contributed by atoms with Crippen molar-refractivity contribution < 1.29 is 19.4 Å². The monoisotopic (exact) mass is 249 g/mol. The van der Waals surface area contributed by atoms with Crippen LogP contribution in [0.25, 0.3) is 0 Å². The van der Waals surface area contributed by atoms with E-state index in [1.165, 1.54) is 12.1 Å². The average molecular weight is 249 g/mol. The van der Waals surface area contributed by atoms with E-state index in [1.807, 2.05) is 6.92 Å². The van der Waals surface area contributed by atoms with Gasteiger partial charge in [0, 0.05) is 12.3 Å². The van der Waals surface area contributed by atoms with Crippen molar-refractivity contribution in [2.75, 3.05) is 11.9 Å². The Morgan fingerprint density at radius 3 is 2.94 bits per heavy atom. The second kappa shape index (κ2) is 5.18. The van der Waals surface area contributed by atoms with E-state index in [9.17, 15) is 9.59 Å². The first kappa shape index (κ1) is 12.6. The average Bonchev–Trinajstić information content (AvgIpc) is 3.09.